The smallest absolute Gasteiger partial charge is 0.234 e. The molecule has 2 atom stereocenters. The van der Waals surface area contributed by atoms with E-state index in [1.54, 1.807) is 12.1 Å². The van der Waals surface area contributed by atoms with Crippen LogP contribution in [0, 0.1) is 23.2 Å². The number of hydrogen-bond donors (Lipinski definition) is 1. The van der Waals surface area contributed by atoms with Gasteiger partial charge in [0.2, 0.25) is 5.91 Å². The number of hydrogen-bond acceptors (Lipinski definition) is 5. The Morgan fingerprint density at radius 3 is 2.38 bits per heavy atom. The third-order valence-electron chi connectivity index (χ3n) is 5.11. The molecule has 6 nitrogen and oxygen atoms in total. The summed E-state index contributed by atoms with van der Waals surface area (Å²) in [6, 6.07) is 9.56. The van der Waals surface area contributed by atoms with Crippen LogP contribution in [0.3, 0.4) is 0 Å². The Kier molecular flexibility index (Phi) is 6.12. The largest absolute Gasteiger partial charge is 0.492 e. The number of amides is 1. The van der Waals surface area contributed by atoms with Crippen molar-refractivity contribution < 1.29 is 9.53 Å². The quantitative estimate of drug-likeness (QED) is 0.798. The molecule has 0 saturated carbocycles. The Morgan fingerprint density at radius 1 is 1.19 bits per heavy atom. The maximum atomic E-state index is 11.9. The highest BCUT2D eigenvalue weighted by molar-refractivity contribution is 5.78. The van der Waals surface area contributed by atoms with E-state index >= 15 is 0 Å². The average Bonchev–Trinajstić information content (AvgIpc) is 3.12. The maximum Gasteiger partial charge on any atom is 0.234 e. The molecule has 2 aliphatic rings. The first-order chi connectivity index (χ1) is 12.5. The van der Waals surface area contributed by atoms with E-state index in [1.165, 1.54) is 0 Å². The molecule has 2 aliphatic heterocycles. The lowest BCUT2D eigenvalue weighted by Gasteiger charge is -2.21. The zero-order valence-electron chi connectivity index (χ0n) is 15.6. The minimum Gasteiger partial charge on any atom is -0.492 e. The molecule has 0 aromatic heterocycles. The van der Waals surface area contributed by atoms with E-state index in [-0.39, 0.29) is 11.9 Å². The van der Waals surface area contributed by atoms with Gasteiger partial charge in [-0.3, -0.25) is 14.6 Å². The van der Waals surface area contributed by atoms with Crippen LogP contribution in [0.5, 0.6) is 5.75 Å². The van der Waals surface area contributed by atoms with Crippen molar-refractivity contribution in [3.05, 3.63) is 29.8 Å². The molecular weight excluding hydrogens is 328 g/mol. The molecule has 2 heterocycles. The highest BCUT2D eigenvalue weighted by Gasteiger charge is 2.40. The SMILES string of the molecule is CC(C)NC(=O)CN1CC2CN(CCOc3ccc(C#N)cc3)CC2C1. The monoisotopic (exact) mass is 356 g/mol. The number of nitrogens with zero attached hydrogens (tertiary/aromatic N) is 3. The summed E-state index contributed by atoms with van der Waals surface area (Å²) >= 11 is 0. The Bertz CT molecular complexity index is 639. The van der Waals surface area contributed by atoms with Crippen molar-refractivity contribution >= 4 is 5.91 Å². The maximum absolute atomic E-state index is 11.9. The normalized spacial score (nSPS) is 23.0. The number of likely N-dealkylation sites (tertiary alicyclic amines) is 2. The lowest BCUT2D eigenvalue weighted by atomic mass is 10.0. The standard InChI is InChI=1S/C20H28N4O2/c1-15(2)22-20(25)14-24-12-17-10-23(11-18(17)13-24)7-8-26-19-5-3-16(9-21)4-6-19/h3-6,15,17-18H,7-8,10-14H2,1-2H3,(H,22,25). The van der Waals surface area contributed by atoms with Crippen molar-refractivity contribution in [2.24, 2.45) is 11.8 Å². The van der Waals surface area contributed by atoms with Crippen LogP contribution in [0.4, 0.5) is 0 Å². The summed E-state index contributed by atoms with van der Waals surface area (Å²) < 4.78 is 5.79. The second-order valence-electron chi connectivity index (χ2n) is 7.68. The van der Waals surface area contributed by atoms with Crippen LogP contribution < -0.4 is 10.1 Å². The minimum atomic E-state index is 0.132. The lowest BCUT2D eigenvalue weighted by Crippen LogP contribution is -2.40. The van der Waals surface area contributed by atoms with Gasteiger partial charge in [-0.1, -0.05) is 0 Å². The van der Waals surface area contributed by atoms with Crippen LogP contribution >= 0.6 is 0 Å². The Labute approximate surface area is 155 Å². The first-order valence-electron chi connectivity index (χ1n) is 9.40. The number of carbonyl (C=O) groups excluding carboxylic acids is 1. The number of carbonyl (C=O) groups is 1. The zero-order valence-corrected chi connectivity index (χ0v) is 15.6. The van der Waals surface area contributed by atoms with Gasteiger partial charge in [0.05, 0.1) is 18.2 Å². The fourth-order valence-corrected chi connectivity index (χ4v) is 3.99. The van der Waals surface area contributed by atoms with Gasteiger partial charge in [-0.15, -0.1) is 0 Å². The van der Waals surface area contributed by atoms with Crippen molar-refractivity contribution in [1.82, 2.24) is 15.1 Å². The summed E-state index contributed by atoms with van der Waals surface area (Å²) in [7, 11) is 0. The highest BCUT2D eigenvalue weighted by Crippen LogP contribution is 2.30. The van der Waals surface area contributed by atoms with Crippen molar-refractivity contribution in [3.63, 3.8) is 0 Å². The van der Waals surface area contributed by atoms with Crippen LogP contribution in [0.25, 0.3) is 0 Å². The highest BCUT2D eigenvalue weighted by atomic mass is 16.5. The summed E-state index contributed by atoms with van der Waals surface area (Å²) in [5.41, 5.74) is 0.649. The third-order valence-corrected chi connectivity index (χ3v) is 5.11. The molecule has 1 aromatic carbocycles. The number of fused-ring (bicyclic) bond motifs is 1. The van der Waals surface area contributed by atoms with Gasteiger partial charge in [-0.2, -0.15) is 5.26 Å². The molecule has 2 fully saturated rings. The summed E-state index contributed by atoms with van der Waals surface area (Å²) in [5, 5.41) is 11.8. The molecule has 140 valence electrons. The number of rotatable bonds is 7. The second kappa shape index (κ2) is 8.52. The topological polar surface area (TPSA) is 68.6 Å². The van der Waals surface area contributed by atoms with Crippen molar-refractivity contribution in [2.75, 3.05) is 45.9 Å². The number of nitriles is 1. The predicted molar refractivity (Wildman–Crippen MR) is 99.8 cm³/mol. The fourth-order valence-electron chi connectivity index (χ4n) is 3.99. The molecule has 2 saturated heterocycles. The zero-order chi connectivity index (χ0) is 18.5. The van der Waals surface area contributed by atoms with Crippen molar-refractivity contribution in [3.8, 4) is 11.8 Å². The predicted octanol–water partition coefficient (Wildman–Crippen LogP) is 1.33. The van der Waals surface area contributed by atoms with Gasteiger partial charge in [-0.25, -0.2) is 0 Å². The molecule has 1 aromatic rings. The van der Waals surface area contributed by atoms with Crippen molar-refractivity contribution in [2.45, 2.75) is 19.9 Å². The first kappa shape index (κ1) is 18.7. The van der Waals surface area contributed by atoms with Gasteiger partial charge in [0.25, 0.3) is 0 Å². The van der Waals surface area contributed by atoms with Crippen LogP contribution in [-0.2, 0) is 4.79 Å². The molecule has 1 N–H and O–H groups in total. The Hall–Kier alpha value is -2.10. The van der Waals surface area contributed by atoms with Crippen molar-refractivity contribution in [1.29, 1.82) is 5.26 Å². The molecule has 3 rings (SSSR count). The molecule has 6 heteroatoms. The molecule has 0 spiro atoms. The molecule has 1 amide bonds. The van der Waals surface area contributed by atoms with Gasteiger partial charge >= 0.3 is 0 Å². The molecular formula is C20H28N4O2. The van der Waals surface area contributed by atoms with Gasteiger partial charge in [-0.05, 0) is 49.9 Å². The number of ether oxygens (including phenoxy) is 1. The van der Waals surface area contributed by atoms with Gasteiger partial charge < -0.3 is 10.1 Å². The summed E-state index contributed by atoms with van der Waals surface area (Å²) in [5.74, 6) is 2.27. The van der Waals surface area contributed by atoms with E-state index in [1.807, 2.05) is 26.0 Å². The first-order valence-corrected chi connectivity index (χ1v) is 9.40. The van der Waals surface area contributed by atoms with Crippen LogP contribution in [0.1, 0.15) is 19.4 Å². The second-order valence-corrected chi connectivity index (χ2v) is 7.68. The van der Waals surface area contributed by atoms with Gasteiger partial charge in [0, 0.05) is 38.8 Å². The minimum absolute atomic E-state index is 0.132. The number of benzene rings is 1. The molecule has 26 heavy (non-hydrogen) atoms. The summed E-state index contributed by atoms with van der Waals surface area (Å²) in [6.45, 7) is 10.3. The van der Waals surface area contributed by atoms with Crippen LogP contribution in [0.2, 0.25) is 0 Å². The molecule has 2 unspecified atom stereocenters. The van der Waals surface area contributed by atoms with Crippen LogP contribution in [-0.4, -0.2) is 67.6 Å². The summed E-state index contributed by atoms with van der Waals surface area (Å²) in [4.78, 5) is 16.7. The Morgan fingerprint density at radius 2 is 1.81 bits per heavy atom. The average molecular weight is 356 g/mol. The number of nitrogens with one attached hydrogen (secondary N) is 1. The van der Waals surface area contributed by atoms with E-state index < -0.39 is 0 Å². The van der Waals surface area contributed by atoms with E-state index in [0.717, 1.165) is 38.5 Å². The third kappa shape index (κ3) is 4.96. The summed E-state index contributed by atoms with van der Waals surface area (Å²) in [6.07, 6.45) is 0. The van der Waals surface area contributed by atoms with Crippen LogP contribution in [0.15, 0.2) is 24.3 Å². The fraction of sp³-hybridized carbons (Fsp3) is 0.600. The van der Waals surface area contributed by atoms with Gasteiger partial charge in [0.15, 0.2) is 0 Å². The Balaban J connectivity index is 1.35. The van der Waals surface area contributed by atoms with E-state index in [2.05, 4.69) is 21.2 Å². The van der Waals surface area contributed by atoms with E-state index in [0.29, 0.717) is 30.6 Å². The van der Waals surface area contributed by atoms with Gasteiger partial charge in [0.1, 0.15) is 12.4 Å². The molecule has 0 aliphatic carbocycles. The molecule has 0 bridgehead atoms. The molecule has 0 radical (unpaired) electrons. The van der Waals surface area contributed by atoms with E-state index in [9.17, 15) is 4.79 Å². The lowest BCUT2D eigenvalue weighted by molar-refractivity contribution is -0.122. The van der Waals surface area contributed by atoms with E-state index in [4.69, 9.17) is 10.00 Å².